The first-order chi connectivity index (χ1) is 14.0. The fraction of sp³-hybridized carbons (Fsp3) is 0.450. The summed E-state index contributed by atoms with van der Waals surface area (Å²) >= 11 is 1.78. The van der Waals surface area contributed by atoms with Gasteiger partial charge in [0.25, 0.3) is 0 Å². The highest BCUT2D eigenvalue weighted by molar-refractivity contribution is 7.88. The molecule has 2 N–H and O–H groups in total. The van der Waals surface area contributed by atoms with Crippen LogP contribution < -0.4 is 14.9 Å². The fourth-order valence-corrected chi connectivity index (χ4v) is 4.77. The van der Waals surface area contributed by atoms with Crippen LogP contribution in [0.5, 0.6) is 0 Å². The highest BCUT2D eigenvalue weighted by Gasteiger charge is 2.20. The SMILES string of the molecule is CCNC(=NCc1ccc(CS(=O)(=O)NC)cc1)N1CCN(c2cccs2)CC1. The van der Waals surface area contributed by atoms with Gasteiger partial charge in [0, 0.05) is 32.7 Å². The zero-order chi connectivity index (χ0) is 20.7. The fourth-order valence-electron chi connectivity index (χ4n) is 3.21. The summed E-state index contributed by atoms with van der Waals surface area (Å²) in [4.78, 5) is 9.53. The zero-order valence-corrected chi connectivity index (χ0v) is 18.6. The van der Waals surface area contributed by atoms with Crippen LogP contribution in [0, 0.1) is 0 Å². The molecule has 158 valence electrons. The molecule has 1 aromatic heterocycles. The van der Waals surface area contributed by atoms with Crippen LogP contribution in [0.1, 0.15) is 18.1 Å². The normalized spacial score (nSPS) is 15.6. The third-order valence-electron chi connectivity index (χ3n) is 4.83. The summed E-state index contributed by atoms with van der Waals surface area (Å²) < 4.78 is 25.7. The second kappa shape index (κ2) is 10.1. The van der Waals surface area contributed by atoms with E-state index in [4.69, 9.17) is 4.99 Å². The summed E-state index contributed by atoms with van der Waals surface area (Å²) in [6, 6.07) is 11.9. The molecule has 0 bridgehead atoms. The van der Waals surface area contributed by atoms with Crippen LogP contribution in [0.2, 0.25) is 0 Å². The summed E-state index contributed by atoms with van der Waals surface area (Å²) in [6.45, 7) is 7.31. The third kappa shape index (κ3) is 6.19. The van der Waals surface area contributed by atoms with Crippen LogP contribution in [-0.2, 0) is 22.3 Å². The van der Waals surface area contributed by atoms with Gasteiger partial charge in [-0.2, -0.15) is 0 Å². The monoisotopic (exact) mass is 435 g/mol. The predicted octanol–water partition coefficient (Wildman–Crippen LogP) is 2.09. The van der Waals surface area contributed by atoms with E-state index in [0.29, 0.717) is 6.54 Å². The largest absolute Gasteiger partial charge is 0.360 e. The summed E-state index contributed by atoms with van der Waals surface area (Å²) in [5.41, 5.74) is 1.83. The van der Waals surface area contributed by atoms with Gasteiger partial charge in [0.05, 0.1) is 17.3 Å². The summed E-state index contributed by atoms with van der Waals surface area (Å²) in [6.07, 6.45) is 0. The molecule has 1 aliphatic heterocycles. The Bertz CT molecular complexity index is 887. The average Bonchev–Trinajstić information content (AvgIpc) is 3.27. The van der Waals surface area contributed by atoms with Gasteiger partial charge < -0.3 is 15.1 Å². The van der Waals surface area contributed by atoms with Crippen LogP contribution in [0.3, 0.4) is 0 Å². The number of hydrogen-bond acceptors (Lipinski definition) is 5. The van der Waals surface area contributed by atoms with Crippen molar-refractivity contribution in [2.45, 2.75) is 19.2 Å². The van der Waals surface area contributed by atoms with E-state index in [9.17, 15) is 8.42 Å². The second-order valence-corrected chi connectivity index (χ2v) is 9.73. The quantitative estimate of drug-likeness (QED) is 0.514. The Morgan fingerprint density at radius 3 is 2.38 bits per heavy atom. The maximum absolute atomic E-state index is 11.7. The van der Waals surface area contributed by atoms with Gasteiger partial charge in [-0.25, -0.2) is 18.1 Å². The molecule has 0 radical (unpaired) electrons. The Hall–Kier alpha value is -2.10. The number of piperazine rings is 1. The number of rotatable bonds is 7. The molecule has 3 rings (SSSR count). The van der Waals surface area contributed by atoms with E-state index in [0.717, 1.165) is 49.8 Å². The minimum absolute atomic E-state index is 0.00972. The van der Waals surface area contributed by atoms with E-state index in [1.54, 1.807) is 11.3 Å². The van der Waals surface area contributed by atoms with Crippen molar-refractivity contribution in [1.82, 2.24) is 14.9 Å². The lowest BCUT2D eigenvalue weighted by atomic mass is 10.1. The van der Waals surface area contributed by atoms with Gasteiger partial charge in [-0.15, -0.1) is 11.3 Å². The van der Waals surface area contributed by atoms with E-state index in [1.165, 1.54) is 12.0 Å². The van der Waals surface area contributed by atoms with Crippen molar-refractivity contribution in [2.75, 3.05) is 44.7 Å². The smallest absolute Gasteiger partial charge is 0.215 e. The first kappa shape index (κ1) is 21.6. The number of sulfonamides is 1. The van der Waals surface area contributed by atoms with E-state index in [-0.39, 0.29) is 5.75 Å². The third-order valence-corrected chi connectivity index (χ3v) is 7.10. The van der Waals surface area contributed by atoms with E-state index in [2.05, 4.69) is 44.3 Å². The second-order valence-electron chi connectivity index (χ2n) is 6.88. The summed E-state index contributed by atoms with van der Waals surface area (Å²) in [5, 5.41) is 6.84. The molecule has 7 nitrogen and oxygen atoms in total. The summed E-state index contributed by atoms with van der Waals surface area (Å²) in [7, 11) is -1.82. The first-order valence-corrected chi connectivity index (χ1v) is 12.3. The molecule has 0 atom stereocenters. The molecule has 0 amide bonds. The van der Waals surface area contributed by atoms with E-state index < -0.39 is 10.0 Å². The molecule has 9 heteroatoms. The number of nitrogens with zero attached hydrogens (tertiary/aromatic N) is 3. The molecule has 0 spiro atoms. The van der Waals surface area contributed by atoms with Crippen LogP contribution >= 0.6 is 11.3 Å². The van der Waals surface area contributed by atoms with Gasteiger partial charge in [-0.05, 0) is 42.6 Å². The molecular formula is C20H29N5O2S2. The van der Waals surface area contributed by atoms with Crippen LogP contribution in [0.15, 0.2) is 46.8 Å². The van der Waals surface area contributed by atoms with E-state index >= 15 is 0 Å². The van der Waals surface area contributed by atoms with Crippen molar-refractivity contribution in [2.24, 2.45) is 4.99 Å². The minimum Gasteiger partial charge on any atom is -0.360 e. The molecular weight excluding hydrogens is 406 g/mol. The number of benzene rings is 1. The molecule has 0 aliphatic carbocycles. The highest BCUT2D eigenvalue weighted by Crippen LogP contribution is 2.22. The molecule has 1 aromatic carbocycles. The van der Waals surface area contributed by atoms with Crippen molar-refractivity contribution >= 4 is 32.3 Å². The number of guanidine groups is 1. The van der Waals surface area contributed by atoms with Crippen LogP contribution in [0.4, 0.5) is 5.00 Å². The standard InChI is InChI=1S/C20H29N5O2S2/c1-3-22-20(25-12-10-24(11-13-25)19-5-4-14-28-19)23-15-17-6-8-18(9-7-17)16-29(26,27)21-2/h4-9,14,21H,3,10-13,15-16H2,1-2H3,(H,22,23). The van der Waals surface area contributed by atoms with Gasteiger partial charge in [0.1, 0.15) is 0 Å². The Morgan fingerprint density at radius 2 is 1.79 bits per heavy atom. The van der Waals surface area contributed by atoms with Crippen molar-refractivity contribution < 1.29 is 8.42 Å². The molecule has 2 heterocycles. The number of anilines is 1. The Labute approximate surface area is 177 Å². The van der Waals surface area contributed by atoms with E-state index in [1.807, 2.05) is 24.3 Å². The molecule has 1 fully saturated rings. The lowest BCUT2D eigenvalue weighted by Gasteiger charge is -2.37. The highest BCUT2D eigenvalue weighted by atomic mass is 32.2. The van der Waals surface area contributed by atoms with Crippen LogP contribution in [-0.4, -0.2) is 59.0 Å². The predicted molar refractivity (Wildman–Crippen MR) is 121 cm³/mol. The summed E-state index contributed by atoms with van der Waals surface area (Å²) in [5.74, 6) is 0.921. The lowest BCUT2D eigenvalue weighted by molar-refractivity contribution is 0.373. The molecule has 0 saturated carbocycles. The Balaban J connectivity index is 1.59. The van der Waals surface area contributed by atoms with Crippen molar-refractivity contribution in [1.29, 1.82) is 0 Å². The van der Waals surface area contributed by atoms with Gasteiger partial charge in [0.2, 0.25) is 10.0 Å². The molecule has 0 unspecified atom stereocenters. The van der Waals surface area contributed by atoms with Gasteiger partial charge in [-0.3, -0.25) is 0 Å². The van der Waals surface area contributed by atoms with Crippen molar-refractivity contribution in [3.63, 3.8) is 0 Å². The molecule has 1 saturated heterocycles. The van der Waals surface area contributed by atoms with Crippen LogP contribution in [0.25, 0.3) is 0 Å². The van der Waals surface area contributed by atoms with Gasteiger partial charge in [-0.1, -0.05) is 24.3 Å². The maximum Gasteiger partial charge on any atom is 0.215 e. The number of aliphatic imine (C=N–C) groups is 1. The Morgan fingerprint density at radius 1 is 1.10 bits per heavy atom. The molecule has 2 aromatic rings. The Kier molecular flexibility index (Phi) is 7.51. The lowest BCUT2D eigenvalue weighted by Crippen LogP contribution is -2.52. The topological polar surface area (TPSA) is 77.0 Å². The number of hydrogen-bond donors (Lipinski definition) is 2. The van der Waals surface area contributed by atoms with Crippen molar-refractivity contribution in [3.05, 3.63) is 52.9 Å². The van der Waals surface area contributed by atoms with Gasteiger partial charge in [0.15, 0.2) is 5.96 Å². The molecule has 1 aliphatic rings. The average molecular weight is 436 g/mol. The van der Waals surface area contributed by atoms with Crippen molar-refractivity contribution in [3.8, 4) is 0 Å². The molecule has 29 heavy (non-hydrogen) atoms. The van der Waals surface area contributed by atoms with Gasteiger partial charge >= 0.3 is 0 Å². The minimum atomic E-state index is -3.25. The number of thiophene rings is 1. The maximum atomic E-state index is 11.7. The zero-order valence-electron chi connectivity index (χ0n) is 17.0. The number of nitrogens with one attached hydrogen (secondary N) is 2. The first-order valence-electron chi connectivity index (χ1n) is 9.81.